The van der Waals surface area contributed by atoms with E-state index in [0.717, 1.165) is 50.3 Å². The normalized spacial score (nSPS) is 20.7. The van der Waals surface area contributed by atoms with E-state index in [2.05, 4.69) is 52.5 Å². The number of nitrogens with zero attached hydrogens (tertiary/aromatic N) is 2. The summed E-state index contributed by atoms with van der Waals surface area (Å²) in [5.74, 6) is 0.169. The Morgan fingerprint density at radius 2 is 1.92 bits per heavy atom. The number of piperazine rings is 1. The van der Waals surface area contributed by atoms with Crippen molar-refractivity contribution in [3.8, 4) is 0 Å². The Morgan fingerprint density at radius 3 is 2.76 bits per heavy atom. The topological polar surface area (TPSA) is 35.6 Å². The Hall–Kier alpha value is -2.33. The van der Waals surface area contributed by atoms with Crippen LogP contribution in [0.4, 0.5) is 5.69 Å². The minimum absolute atomic E-state index is 0.111. The van der Waals surface area contributed by atoms with Crippen LogP contribution >= 0.6 is 0 Å². The first kappa shape index (κ1) is 16.2. The van der Waals surface area contributed by atoms with Crippen LogP contribution in [0.15, 0.2) is 48.5 Å². The van der Waals surface area contributed by atoms with Crippen molar-refractivity contribution in [1.82, 2.24) is 9.80 Å². The molecule has 1 fully saturated rings. The highest BCUT2D eigenvalue weighted by Gasteiger charge is 2.32. The highest BCUT2D eigenvalue weighted by molar-refractivity contribution is 5.97. The van der Waals surface area contributed by atoms with Gasteiger partial charge in [0, 0.05) is 37.4 Å². The lowest BCUT2D eigenvalue weighted by molar-refractivity contribution is 0.0497. The smallest absolute Gasteiger partial charge is 0.254 e. The van der Waals surface area contributed by atoms with Crippen LogP contribution in [0.3, 0.4) is 0 Å². The lowest BCUT2D eigenvalue weighted by atomic mass is 9.95. The molecule has 2 aliphatic heterocycles. The summed E-state index contributed by atoms with van der Waals surface area (Å²) in [5.41, 5.74) is 4.40. The van der Waals surface area contributed by atoms with Crippen LogP contribution in [0.1, 0.15) is 33.9 Å². The van der Waals surface area contributed by atoms with Crippen molar-refractivity contribution in [3.63, 3.8) is 0 Å². The maximum absolute atomic E-state index is 13.4. The van der Waals surface area contributed by atoms with Crippen molar-refractivity contribution in [2.75, 3.05) is 38.5 Å². The SMILES string of the molecule is CN1CCN(C(=O)c2cccc3c2CCCN3)C(c2ccccc2)C1. The van der Waals surface area contributed by atoms with Crippen molar-refractivity contribution in [2.24, 2.45) is 0 Å². The van der Waals surface area contributed by atoms with Gasteiger partial charge in [-0.2, -0.15) is 0 Å². The van der Waals surface area contributed by atoms with Gasteiger partial charge in [-0.05, 0) is 43.1 Å². The molecule has 0 aromatic heterocycles. The first-order valence-corrected chi connectivity index (χ1v) is 9.14. The molecule has 2 aromatic carbocycles. The Kier molecular flexibility index (Phi) is 4.45. The third-order valence-corrected chi connectivity index (χ3v) is 5.35. The Labute approximate surface area is 149 Å². The van der Waals surface area contributed by atoms with Crippen LogP contribution in [-0.2, 0) is 6.42 Å². The number of fused-ring (bicyclic) bond motifs is 1. The molecule has 0 bridgehead atoms. The predicted molar refractivity (Wildman–Crippen MR) is 101 cm³/mol. The zero-order valence-electron chi connectivity index (χ0n) is 14.7. The third-order valence-electron chi connectivity index (χ3n) is 5.35. The minimum Gasteiger partial charge on any atom is -0.385 e. The van der Waals surface area contributed by atoms with Gasteiger partial charge in [-0.1, -0.05) is 36.4 Å². The van der Waals surface area contributed by atoms with Crippen molar-refractivity contribution >= 4 is 11.6 Å². The second-order valence-corrected chi connectivity index (χ2v) is 7.05. The van der Waals surface area contributed by atoms with E-state index in [1.54, 1.807) is 0 Å². The summed E-state index contributed by atoms with van der Waals surface area (Å²) in [4.78, 5) is 17.8. The predicted octanol–water partition coefficient (Wildman–Crippen LogP) is 3.17. The number of amides is 1. The summed E-state index contributed by atoms with van der Waals surface area (Å²) >= 11 is 0. The third kappa shape index (κ3) is 3.14. The molecule has 0 aliphatic carbocycles. The van der Waals surface area contributed by atoms with Gasteiger partial charge in [-0.3, -0.25) is 4.79 Å². The van der Waals surface area contributed by atoms with Gasteiger partial charge in [0.25, 0.3) is 5.91 Å². The standard InChI is InChI=1S/C21H25N3O/c1-23-13-14-24(20(15-23)16-7-3-2-4-8-16)21(25)18-9-5-11-19-17(18)10-6-12-22-19/h2-5,7-9,11,20,22H,6,10,12-15H2,1H3. The van der Waals surface area contributed by atoms with Gasteiger partial charge in [-0.25, -0.2) is 0 Å². The fourth-order valence-electron chi connectivity index (χ4n) is 3.99. The van der Waals surface area contributed by atoms with E-state index in [-0.39, 0.29) is 11.9 Å². The number of hydrogen-bond acceptors (Lipinski definition) is 3. The molecule has 1 N–H and O–H groups in total. The van der Waals surface area contributed by atoms with Gasteiger partial charge in [0.2, 0.25) is 0 Å². The summed E-state index contributed by atoms with van der Waals surface area (Å²) in [6, 6.07) is 16.6. The molecule has 4 nitrogen and oxygen atoms in total. The van der Waals surface area contributed by atoms with Crippen molar-refractivity contribution in [3.05, 3.63) is 65.2 Å². The number of benzene rings is 2. The van der Waals surface area contributed by atoms with Gasteiger partial charge < -0.3 is 15.1 Å². The molecule has 1 amide bonds. The van der Waals surface area contributed by atoms with Crippen LogP contribution in [-0.4, -0.2) is 48.9 Å². The number of anilines is 1. The van der Waals surface area contributed by atoms with E-state index in [0.29, 0.717) is 0 Å². The van der Waals surface area contributed by atoms with Gasteiger partial charge in [0.15, 0.2) is 0 Å². The maximum atomic E-state index is 13.4. The summed E-state index contributed by atoms with van der Waals surface area (Å²) < 4.78 is 0. The molecule has 25 heavy (non-hydrogen) atoms. The molecule has 2 aromatic rings. The van der Waals surface area contributed by atoms with E-state index in [1.807, 2.05) is 18.2 Å². The molecule has 2 heterocycles. The van der Waals surface area contributed by atoms with Crippen LogP contribution in [0.25, 0.3) is 0 Å². The zero-order valence-corrected chi connectivity index (χ0v) is 14.7. The fourth-order valence-corrected chi connectivity index (χ4v) is 3.99. The summed E-state index contributed by atoms with van der Waals surface area (Å²) in [6.45, 7) is 3.56. The quantitative estimate of drug-likeness (QED) is 0.916. The molecule has 4 rings (SSSR count). The number of nitrogens with one attached hydrogen (secondary N) is 1. The van der Waals surface area contributed by atoms with Crippen LogP contribution in [0.5, 0.6) is 0 Å². The fraction of sp³-hybridized carbons (Fsp3) is 0.381. The monoisotopic (exact) mass is 335 g/mol. The molecular weight excluding hydrogens is 310 g/mol. The molecule has 1 atom stereocenters. The number of hydrogen-bond donors (Lipinski definition) is 1. The highest BCUT2D eigenvalue weighted by atomic mass is 16.2. The minimum atomic E-state index is 0.111. The lowest BCUT2D eigenvalue weighted by Crippen LogP contribution is -2.49. The van der Waals surface area contributed by atoms with Crippen molar-refractivity contribution in [1.29, 1.82) is 0 Å². The number of carbonyl (C=O) groups excluding carboxylic acids is 1. The summed E-state index contributed by atoms with van der Waals surface area (Å²) in [5, 5.41) is 3.43. The van der Waals surface area contributed by atoms with Crippen LogP contribution in [0.2, 0.25) is 0 Å². The van der Waals surface area contributed by atoms with E-state index in [9.17, 15) is 4.79 Å². The van der Waals surface area contributed by atoms with Crippen molar-refractivity contribution in [2.45, 2.75) is 18.9 Å². The summed E-state index contributed by atoms with van der Waals surface area (Å²) in [6.07, 6.45) is 2.07. The molecule has 1 unspecified atom stereocenters. The second-order valence-electron chi connectivity index (χ2n) is 7.05. The average Bonchev–Trinajstić information content (AvgIpc) is 2.67. The molecule has 0 radical (unpaired) electrons. The second kappa shape index (κ2) is 6.89. The molecule has 130 valence electrons. The maximum Gasteiger partial charge on any atom is 0.254 e. The van der Waals surface area contributed by atoms with Crippen LogP contribution < -0.4 is 5.32 Å². The Bertz CT molecular complexity index is 759. The lowest BCUT2D eigenvalue weighted by Gasteiger charge is -2.41. The average molecular weight is 335 g/mol. The zero-order chi connectivity index (χ0) is 17.2. The van der Waals surface area contributed by atoms with E-state index in [1.165, 1.54) is 11.1 Å². The summed E-state index contributed by atoms with van der Waals surface area (Å²) in [7, 11) is 2.13. The molecule has 0 spiro atoms. The number of carbonyl (C=O) groups is 1. The first-order valence-electron chi connectivity index (χ1n) is 9.14. The number of likely N-dealkylation sites (N-methyl/N-ethyl adjacent to an activating group) is 1. The van der Waals surface area contributed by atoms with Gasteiger partial charge >= 0.3 is 0 Å². The van der Waals surface area contributed by atoms with Gasteiger partial charge in [0.1, 0.15) is 0 Å². The highest BCUT2D eigenvalue weighted by Crippen LogP contribution is 2.30. The molecule has 0 saturated carbocycles. The van der Waals surface area contributed by atoms with E-state index in [4.69, 9.17) is 0 Å². The van der Waals surface area contributed by atoms with E-state index < -0.39 is 0 Å². The first-order chi connectivity index (χ1) is 12.2. The Morgan fingerprint density at radius 1 is 1.08 bits per heavy atom. The largest absolute Gasteiger partial charge is 0.385 e. The molecule has 2 aliphatic rings. The Balaban J connectivity index is 1.68. The molecule has 4 heteroatoms. The van der Waals surface area contributed by atoms with Gasteiger partial charge in [0.05, 0.1) is 6.04 Å². The molecular formula is C21H25N3O. The number of rotatable bonds is 2. The van der Waals surface area contributed by atoms with Gasteiger partial charge in [-0.15, -0.1) is 0 Å². The molecule has 1 saturated heterocycles. The van der Waals surface area contributed by atoms with E-state index >= 15 is 0 Å². The van der Waals surface area contributed by atoms with Crippen molar-refractivity contribution < 1.29 is 4.79 Å². The van der Waals surface area contributed by atoms with Crippen LogP contribution in [0, 0.1) is 0 Å².